The number of aromatic nitrogens is 2. The number of benzene rings is 3. The molecule has 5 aromatic rings. The molecule has 1 fully saturated rings. The molecule has 1 saturated carbocycles. The van der Waals surface area contributed by atoms with E-state index in [0.717, 1.165) is 35.1 Å². The topological polar surface area (TPSA) is 195 Å². The SMILES string of the molecule is COC(=O)C(CC1CC1)OCc1ccc(-c2onc(C)c2NC(=O)O[C@H](C)c2ccccc2)cc1.Cc1noc(-c2ccc(CO)cc2)c1NC(=O)O. The summed E-state index contributed by atoms with van der Waals surface area (Å²) >= 11 is 0. The Morgan fingerprint density at radius 3 is 1.89 bits per heavy atom. The van der Waals surface area contributed by atoms with Crippen LogP contribution in [-0.2, 0) is 32.2 Å². The predicted octanol–water partition coefficient (Wildman–Crippen LogP) is 8.05. The van der Waals surface area contributed by atoms with Crippen molar-refractivity contribution in [1.29, 1.82) is 0 Å². The number of ether oxygens (including phenoxy) is 3. The molecule has 1 aliphatic rings. The minimum absolute atomic E-state index is 0.0457. The zero-order chi connectivity index (χ0) is 37.9. The summed E-state index contributed by atoms with van der Waals surface area (Å²) in [7, 11) is 1.38. The minimum Gasteiger partial charge on any atom is -0.467 e. The van der Waals surface area contributed by atoms with Crippen molar-refractivity contribution in [2.75, 3.05) is 17.7 Å². The van der Waals surface area contributed by atoms with Crippen molar-refractivity contribution in [2.45, 2.75) is 65.5 Å². The second-order valence-electron chi connectivity index (χ2n) is 12.5. The van der Waals surface area contributed by atoms with Crippen molar-refractivity contribution < 1.29 is 47.9 Å². The van der Waals surface area contributed by atoms with E-state index in [1.807, 2.05) is 61.5 Å². The Labute approximate surface area is 306 Å². The van der Waals surface area contributed by atoms with Gasteiger partial charge in [-0.1, -0.05) is 102 Å². The molecule has 1 unspecified atom stereocenters. The maximum atomic E-state index is 12.5. The molecule has 0 saturated heterocycles. The zero-order valence-corrected chi connectivity index (χ0v) is 29.8. The van der Waals surface area contributed by atoms with Gasteiger partial charge in [0.15, 0.2) is 17.6 Å². The lowest BCUT2D eigenvalue weighted by Crippen LogP contribution is -2.26. The van der Waals surface area contributed by atoms with Crippen LogP contribution in [-0.4, -0.2) is 51.9 Å². The molecule has 3 aromatic carbocycles. The Kier molecular flexibility index (Phi) is 13.0. The van der Waals surface area contributed by atoms with E-state index in [9.17, 15) is 14.4 Å². The Morgan fingerprint density at radius 1 is 0.830 bits per heavy atom. The smallest absolute Gasteiger partial charge is 0.412 e. The van der Waals surface area contributed by atoms with Crippen LogP contribution in [0, 0.1) is 19.8 Å². The van der Waals surface area contributed by atoms with Gasteiger partial charge in [0.25, 0.3) is 0 Å². The maximum absolute atomic E-state index is 12.5. The maximum Gasteiger partial charge on any atom is 0.412 e. The first kappa shape index (κ1) is 38.2. The molecule has 0 spiro atoms. The van der Waals surface area contributed by atoms with Crippen LogP contribution in [0.25, 0.3) is 22.6 Å². The molecule has 0 aliphatic heterocycles. The third kappa shape index (κ3) is 10.5. The van der Waals surface area contributed by atoms with Crippen LogP contribution in [0.15, 0.2) is 87.9 Å². The summed E-state index contributed by atoms with van der Waals surface area (Å²) in [5, 5.41) is 30.5. The fourth-order valence-corrected chi connectivity index (χ4v) is 5.35. The molecular formula is C39H42N4O10. The summed E-state index contributed by atoms with van der Waals surface area (Å²) in [4.78, 5) is 35.2. The molecular weight excluding hydrogens is 684 g/mol. The van der Waals surface area contributed by atoms with Crippen molar-refractivity contribution in [3.05, 3.63) is 107 Å². The Balaban J connectivity index is 0.000000252. The van der Waals surface area contributed by atoms with Crippen molar-refractivity contribution in [2.24, 2.45) is 5.92 Å². The summed E-state index contributed by atoms with van der Waals surface area (Å²) in [6, 6.07) is 23.9. The number of rotatable bonds is 13. The van der Waals surface area contributed by atoms with Crippen LogP contribution in [0.2, 0.25) is 0 Å². The van der Waals surface area contributed by atoms with Crippen molar-refractivity contribution in [3.63, 3.8) is 0 Å². The lowest BCUT2D eigenvalue weighted by Gasteiger charge is -2.15. The number of carboxylic acid groups (broad SMARTS) is 1. The number of carbonyl (C=O) groups excluding carboxylic acids is 2. The molecule has 2 atom stereocenters. The quantitative estimate of drug-likeness (QED) is 0.0854. The van der Waals surface area contributed by atoms with Gasteiger partial charge in [-0.15, -0.1) is 0 Å². The summed E-state index contributed by atoms with van der Waals surface area (Å²) in [6.45, 7) is 5.46. The van der Waals surface area contributed by atoms with Crippen molar-refractivity contribution in [3.8, 4) is 22.6 Å². The van der Waals surface area contributed by atoms with E-state index in [4.69, 9.17) is 33.5 Å². The Morgan fingerprint density at radius 2 is 1.38 bits per heavy atom. The highest BCUT2D eigenvalue weighted by Gasteiger charge is 2.30. The molecule has 6 rings (SSSR count). The van der Waals surface area contributed by atoms with Gasteiger partial charge in [0, 0.05) is 11.1 Å². The number of aliphatic hydroxyl groups excluding tert-OH is 1. The van der Waals surface area contributed by atoms with E-state index < -0.39 is 24.4 Å². The van der Waals surface area contributed by atoms with E-state index in [0.29, 0.717) is 52.2 Å². The number of hydrogen-bond donors (Lipinski definition) is 4. The Bertz CT molecular complexity index is 1970. The molecule has 4 N–H and O–H groups in total. The number of anilines is 2. The molecule has 2 heterocycles. The van der Waals surface area contributed by atoms with Crippen LogP contribution in [0.1, 0.15) is 60.4 Å². The molecule has 2 aromatic heterocycles. The highest BCUT2D eigenvalue weighted by molar-refractivity contribution is 5.91. The highest BCUT2D eigenvalue weighted by Crippen LogP contribution is 2.35. The van der Waals surface area contributed by atoms with E-state index in [1.54, 1.807) is 38.1 Å². The van der Waals surface area contributed by atoms with Gasteiger partial charge in [0.05, 0.1) is 20.3 Å². The van der Waals surface area contributed by atoms with Crippen LogP contribution in [0.4, 0.5) is 21.0 Å². The lowest BCUT2D eigenvalue weighted by atomic mass is 10.1. The van der Waals surface area contributed by atoms with E-state index in [1.165, 1.54) is 7.11 Å². The molecule has 53 heavy (non-hydrogen) atoms. The number of carbonyl (C=O) groups is 3. The van der Waals surface area contributed by atoms with Gasteiger partial charge in [-0.2, -0.15) is 0 Å². The van der Waals surface area contributed by atoms with Crippen LogP contribution in [0.5, 0.6) is 0 Å². The van der Waals surface area contributed by atoms with Gasteiger partial charge in [0.2, 0.25) is 0 Å². The summed E-state index contributed by atoms with van der Waals surface area (Å²) in [6.07, 6.45) is 0.236. The molecule has 1 aliphatic carbocycles. The van der Waals surface area contributed by atoms with Crippen LogP contribution >= 0.6 is 0 Å². The largest absolute Gasteiger partial charge is 0.467 e. The van der Waals surface area contributed by atoms with Gasteiger partial charge in [-0.3, -0.25) is 10.6 Å². The first-order valence-electron chi connectivity index (χ1n) is 17.0. The second kappa shape index (κ2) is 18.0. The van der Waals surface area contributed by atoms with Gasteiger partial charge >= 0.3 is 18.2 Å². The third-order valence-electron chi connectivity index (χ3n) is 8.51. The second-order valence-corrected chi connectivity index (χ2v) is 12.5. The number of hydrogen-bond acceptors (Lipinski definition) is 11. The van der Waals surface area contributed by atoms with Gasteiger partial charge < -0.3 is 33.5 Å². The van der Waals surface area contributed by atoms with E-state index in [-0.39, 0.29) is 19.2 Å². The van der Waals surface area contributed by atoms with Crippen molar-refractivity contribution >= 4 is 29.5 Å². The summed E-state index contributed by atoms with van der Waals surface area (Å²) < 4.78 is 26.8. The fraction of sp³-hybridized carbons (Fsp3) is 0.308. The normalized spacial score (nSPS) is 13.2. The first-order chi connectivity index (χ1) is 25.6. The van der Waals surface area contributed by atoms with Gasteiger partial charge in [-0.05, 0) is 49.8 Å². The average molecular weight is 727 g/mol. The van der Waals surface area contributed by atoms with Crippen molar-refractivity contribution in [1.82, 2.24) is 10.3 Å². The number of aliphatic hydroxyl groups is 1. The lowest BCUT2D eigenvalue weighted by molar-refractivity contribution is -0.155. The first-order valence-corrected chi connectivity index (χ1v) is 17.0. The van der Waals surface area contributed by atoms with E-state index in [2.05, 4.69) is 20.9 Å². The number of amides is 2. The molecule has 14 nitrogen and oxygen atoms in total. The number of methoxy groups -OCH3 is 1. The predicted molar refractivity (Wildman–Crippen MR) is 194 cm³/mol. The average Bonchev–Trinajstić information content (AvgIpc) is 3.83. The van der Waals surface area contributed by atoms with Gasteiger partial charge in [0.1, 0.15) is 28.9 Å². The third-order valence-corrected chi connectivity index (χ3v) is 8.51. The van der Waals surface area contributed by atoms with Gasteiger partial charge in [-0.25, -0.2) is 14.4 Å². The minimum atomic E-state index is -1.17. The summed E-state index contributed by atoms with van der Waals surface area (Å²) in [5.74, 6) is 0.999. The number of nitrogens with one attached hydrogen (secondary N) is 2. The number of nitrogens with zero attached hydrogens (tertiary/aromatic N) is 2. The van der Waals surface area contributed by atoms with Crippen LogP contribution in [0.3, 0.4) is 0 Å². The molecule has 0 bridgehead atoms. The number of esters is 1. The summed E-state index contributed by atoms with van der Waals surface area (Å²) in [5.41, 5.74) is 5.79. The molecule has 0 radical (unpaired) electrons. The highest BCUT2D eigenvalue weighted by atomic mass is 16.6. The fourth-order valence-electron chi connectivity index (χ4n) is 5.35. The molecule has 2 amide bonds. The standard InChI is InChI=1S/C27H30N2O6.C12H12N2O4/c1-17-24(28-27(31)34-18(2)21-7-5-4-6-8-21)25(35-29-17)22-13-11-20(12-14-22)16-33-23(26(30)32-3)15-19-9-10-19;1-7-10(13-12(16)17)11(18-14-7)9-4-2-8(6-15)3-5-9/h4-8,11-14,18-19,23H,9-10,15-16H2,1-3H3,(H,28,31);2-5,13,15H,6H2,1H3,(H,16,17)/t18-,23?;/m1./s1. The Hall–Kier alpha value is -5.99. The molecule has 278 valence electrons. The zero-order valence-electron chi connectivity index (χ0n) is 29.8. The van der Waals surface area contributed by atoms with E-state index >= 15 is 0 Å². The number of aryl methyl sites for hydroxylation is 2. The van der Waals surface area contributed by atoms with Crippen LogP contribution < -0.4 is 10.6 Å². The molecule has 14 heteroatoms. The monoisotopic (exact) mass is 726 g/mol.